The fourth-order valence-electron chi connectivity index (χ4n) is 1.11. The second-order valence-corrected chi connectivity index (χ2v) is 2.82. The van der Waals surface area contributed by atoms with E-state index in [0.29, 0.717) is 0 Å². The van der Waals surface area contributed by atoms with Crippen LogP contribution in [0, 0.1) is 0 Å². The van der Waals surface area contributed by atoms with Gasteiger partial charge in [-0.15, -0.1) is 0 Å². The van der Waals surface area contributed by atoms with Crippen LogP contribution in [-0.2, 0) is 5.45 Å². The monoisotopic (exact) mass is 210 g/mol. The number of benzene rings is 1. The lowest BCUT2D eigenvalue weighted by Crippen LogP contribution is -1.86. The van der Waals surface area contributed by atoms with Gasteiger partial charge in [0.05, 0.1) is 22.8 Å². The highest BCUT2D eigenvalue weighted by molar-refractivity contribution is 9.08. The van der Waals surface area contributed by atoms with E-state index in [9.17, 15) is 0 Å². The van der Waals surface area contributed by atoms with Crippen molar-refractivity contribution in [3.8, 4) is 0 Å². The van der Waals surface area contributed by atoms with Crippen LogP contribution in [0.15, 0.2) is 30.6 Å². The van der Waals surface area contributed by atoms with Gasteiger partial charge in [0.2, 0.25) is 0 Å². The van der Waals surface area contributed by atoms with Crippen LogP contribution in [0.1, 0.15) is 0 Å². The summed E-state index contributed by atoms with van der Waals surface area (Å²) >= 11 is 3.38. The van der Waals surface area contributed by atoms with E-state index in [1.165, 1.54) is 5.52 Å². The first-order valence-corrected chi connectivity index (χ1v) is 4.50. The van der Waals surface area contributed by atoms with E-state index in [-0.39, 0.29) is 0 Å². The van der Waals surface area contributed by atoms with E-state index in [2.05, 4.69) is 31.5 Å². The van der Waals surface area contributed by atoms with Crippen LogP contribution in [0.4, 0.5) is 0 Å². The highest BCUT2D eigenvalue weighted by Gasteiger charge is 1.97. The summed E-state index contributed by atoms with van der Waals surface area (Å²) in [5.41, 5.74) is 3.02. The first-order valence-electron chi connectivity index (χ1n) is 3.37. The van der Waals surface area contributed by atoms with Crippen molar-refractivity contribution >= 4 is 27.0 Å². The summed E-state index contributed by atoms with van der Waals surface area (Å²) < 4.78 is 2.05. The van der Waals surface area contributed by atoms with Crippen LogP contribution >= 0.6 is 15.9 Å². The molecule has 56 valence electrons. The highest BCUT2D eigenvalue weighted by Crippen LogP contribution is 2.12. The van der Waals surface area contributed by atoms with Gasteiger partial charge >= 0.3 is 0 Å². The van der Waals surface area contributed by atoms with E-state index in [0.717, 1.165) is 11.0 Å². The summed E-state index contributed by atoms with van der Waals surface area (Å²) in [4.78, 5) is 4.22. The molecule has 0 spiro atoms. The molecule has 0 aliphatic carbocycles. The fraction of sp³-hybridized carbons (Fsp3) is 0.125. The summed E-state index contributed by atoms with van der Waals surface area (Å²) in [6.45, 7) is 0. The molecule has 2 aromatic rings. The molecule has 0 amide bonds. The molecule has 0 unspecified atom stereocenters. The molecule has 2 nitrogen and oxygen atoms in total. The van der Waals surface area contributed by atoms with Crippen LogP contribution < -0.4 is 0 Å². The van der Waals surface area contributed by atoms with Crippen molar-refractivity contribution in [2.75, 3.05) is 0 Å². The van der Waals surface area contributed by atoms with E-state index >= 15 is 0 Å². The van der Waals surface area contributed by atoms with E-state index in [1.807, 2.05) is 24.5 Å². The Kier molecular flexibility index (Phi) is 1.66. The average molecular weight is 211 g/mol. The van der Waals surface area contributed by atoms with Gasteiger partial charge in [0.15, 0.2) is 0 Å². The molecule has 1 heterocycles. The van der Waals surface area contributed by atoms with Gasteiger partial charge in [0.1, 0.15) is 0 Å². The molecule has 0 aliphatic heterocycles. The molecule has 1 aromatic carbocycles. The second kappa shape index (κ2) is 2.66. The van der Waals surface area contributed by atoms with Gasteiger partial charge in [-0.05, 0) is 12.1 Å². The number of fused-ring (bicyclic) bond motifs is 1. The van der Waals surface area contributed by atoms with Crippen molar-refractivity contribution in [2.24, 2.45) is 0 Å². The van der Waals surface area contributed by atoms with Crippen LogP contribution in [0.2, 0.25) is 0 Å². The standard InChI is InChI=1S/C8H7BrN2/c9-5-11-6-10-7-3-1-2-4-8(7)11/h1-4,6H,5H2. The van der Waals surface area contributed by atoms with Gasteiger partial charge in [-0.1, -0.05) is 28.1 Å². The summed E-state index contributed by atoms with van der Waals surface area (Å²) in [5.74, 6) is 0. The summed E-state index contributed by atoms with van der Waals surface area (Å²) in [7, 11) is 0. The van der Waals surface area contributed by atoms with Gasteiger partial charge in [0.25, 0.3) is 0 Å². The Balaban J connectivity index is 2.76. The molecule has 3 heteroatoms. The number of para-hydroxylation sites is 2. The first-order chi connectivity index (χ1) is 5.42. The number of hydrogen-bond acceptors (Lipinski definition) is 1. The number of hydrogen-bond donors (Lipinski definition) is 0. The third kappa shape index (κ3) is 1.05. The van der Waals surface area contributed by atoms with E-state index < -0.39 is 0 Å². The van der Waals surface area contributed by atoms with Crippen molar-refractivity contribution < 1.29 is 0 Å². The number of nitrogens with zero attached hydrogens (tertiary/aromatic N) is 2. The summed E-state index contributed by atoms with van der Waals surface area (Å²) in [5, 5.41) is 0. The third-order valence-corrected chi connectivity index (χ3v) is 2.20. The molecule has 0 saturated carbocycles. The van der Waals surface area contributed by atoms with Crippen LogP contribution in [0.25, 0.3) is 11.0 Å². The minimum Gasteiger partial charge on any atom is -0.320 e. The van der Waals surface area contributed by atoms with E-state index in [4.69, 9.17) is 0 Å². The Labute approximate surface area is 73.0 Å². The smallest absolute Gasteiger partial charge is 0.0966 e. The Morgan fingerprint density at radius 1 is 1.36 bits per heavy atom. The van der Waals surface area contributed by atoms with Gasteiger partial charge in [-0.25, -0.2) is 4.98 Å². The number of rotatable bonds is 1. The third-order valence-electron chi connectivity index (χ3n) is 1.66. The van der Waals surface area contributed by atoms with Crippen molar-refractivity contribution in [1.82, 2.24) is 9.55 Å². The van der Waals surface area contributed by atoms with Crippen LogP contribution in [0.5, 0.6) is 0 Å². The topological polar surface area (TPSA) is 17.8 Å². The Morgan fingerprint density at radius 3 is 3.00 bits per heavy atom. The zero-order valence-electron chi connectivity index (χ0n) is 5.87. The molecule has 2 rings (SSSR count). The molecule has 1 aromatic heterocycles. The average Bonchev–Trinajstić information content (AvgIpc) is 2.47. The largest absolute Gasteiger partial charge is 0.320 e. The minimum atomic E-state index is 0.799. The molecule has 11 heavy (non-hydrogen) atoms. The van der Waals surface area contributed by atoms with Gasteiger partial charge in [-0.2, -0.15) is 0 Å². The first kappa shape index (κ1) is 6.85. The van der Waals surface area contributed by atoms with Crippen molar-refractivity contribution in [1.29, 1.82) is 0 Å². The fourth-order valence-corrected chi connectivity index (χ4v) is 1.51. The maximum Gasteiger partial charge on any atom is 0.0966 e. The zero-order chi connectivity index (χ0) is 7.68. The Bertz CT molecular complexity index is 367. The molecule has 0 N–H and O–H groups in total. The summed E-state index contributed by atoms with van der Waals surface area (Å²) in [6.07, 6.45) is 1.83. The Morgan fingerprint density at radius 2 is 2.18 bits per heavy atom. The highest BCUT2D eigenvalue weighted by atomic mass is 79.9. The maximum atomic E-state index is 4.22. The minimum absolute atomic E-state index is 0.799. The molecular weight excluding hydrogens is 204 g/mol. The SMILES string of the molecule is BrCn1cnc2ccccc21. The molecule has 0 bridgehead atoms. The molecule has 0 saturated heterocycles. The molecule has 0 aliphatic rings. The van der Waals surface area contributed by atoms with Crippen molar-refractivity contribution in [2.45, 2.75) is 5.45 Å². The van der Waals surface area contributed by atoms with Gasteiger partial charge in [-0.3, -0.25) is 0 Å². The lowest BCUT2D eigenvalue weighted by Gasteiger charge is -1.94. The van der Waals surface area contributed by atoms with Crippen molar-refractivity contribution in [3.05, 3.63) is 30.6 Å². The quantitative estimate of drug-likeness (QED) is 0.662. The lowest BCUT2D eigenvalue weighted by atomic mass is 10.3. The second-order valence-electron chi connectivity index (χ2n) is 2.32. The zero-order valence-corrected chi connectivity index (χ0v) is 7.45. The number of alkyl halides is 1. The molecule has 0 fully saturated rings. The number of imidazole rings is 1. The van der Waals surface area contributed by atoms with Crippen LogP contribution in [0.3, 0.4) is 0 Å². The lowest BCUT2D eigenvalue weighted by molar-refractivity contribution is 0.935. The van der Waals surface area contributed by atoms with Gasteiger partial charge < -0.3 is 4.57 Å². The normalized spacial score (nSPS) is 10.6. The predicted octanol–water partition coefficient (Wildman–Crippen LogP) is 2.39. The van der Waals surface area contributed by atoms with E-state index in [1.54, 1.807) is 0 Å². The summed E-state index contributed by atoms with van der Waals surface area (Å²) in [6, 6.07) is 8.08. The predicted molar refractivity (Wildman–Crippen MR) is 48.7 cm³/mol. The number of halogens is 1. The van der Waals surface area contributed by atoms with Crippen LogP contribution in [-0.4, -0.2) is 9.55 Å². The Hall–Kier alpha value is -0.830. The molecule has 0 atom stereocenters. The van der Waals surface area contributed by atoms with Gasteiger partial charge in [0, 0.05) is 0 Å². The number of aromatic nitrogens is 2. The maximum absolute atomic E-state index is 4.22. The van der Waals surface area contributed by atoms with Crippen molar-refractivity contribution in [3.63, 3.8) is 0 Å². The molecule has 0 radical (unpaired) electrons. The molecular formula is C8H7BrN2.